The summed E-state index contributed by atoms with van der Waals surface area (Å²) >= 11 is 0. The van der Waals surface area contributed by atoms with Gasteiger partial charge in [-0.25, -0.2) is 0 Å². The van der Waals surface area contributed by atoms with E-state index in [-0.39, 0.29) is 0 Å². The maximum atomic E-state index is 4.32. The molecule has 0 aromatic carbocycles. The monoisotopic (exact) mass is 188 g/mol. The van der Waals surface area contributed by atoms with Crippen molar-refractivity contribution in [2.75, 3.05) is 7.05 Å². The number of allylic oxidation sites excluding steroid dienone is 4. The second-order valence-corrected chi connectivity index (χ2v) is 3.32. The van der Waals surface area contributed by atoms with Crippen molar-refractivity contribution >= 4 is 11.9 Å². The normalized spacial score (nSPS) is 17.2. The van der Waals surface area contributed by atoms with Crippen LogP contribution in [-0.2, 0) is 0 Å². The van der Waals surface area contributed by atoms with Crippen molar-refractivity contribution in [1.29, 1.82) is 0 Å². The van der Waals surface area contributed by atoms with Crippen LogP contribution < -0.4 is 0 Å². The van der Waals surface area contributed by atoms with Crippen molar-refractivity contribution in [3.63, 3.8) is 0 Å². The van der Waals surface area contributed by atoms with Gasteiger partial charge in [-0.1, -0.05) is 12.7 Å². The van der Waals surface area contributed by atoms with Crippen LogP contribution >= 0.6 is 0 Å². The Morgan fingerprint density at radius 1 is 1.64 bits per heavy atom. The van der Waals surface area contributed by atoms with Crippen LogP contribution in [0, 0.1) is 0 Å². The molecule has 1 aliphatic heterocycles. The Morgan fingerprint density at radius 2 is 2.36 bits per heavy atom. The summed E-state index contributed by atoms with van der Waals surface area (Å²) in [4.78, 5) is 8.33. The summed E-state index contributed by atoms with van der Waals surface area (Å²) < 4.78 is 0. The molecule has 14 heavy (non-hydrogen) atoms. The maximum absolute atomic E-state index is 4.32. The van der Waals surface area contributed by atoms with E-state index in [1.165, 1.54) is 5.57 Å². The quantitative estimate of drug-likeness (QED) is 0.608. The average molecular weight is 188 g/mol. The third kappa shape index (κ3) is 2.28. The molecule has 0 bridgehead atoms. The van der Waals surface area contributed by atoms with E-state index < -0.39 is 0 Å². The van der Waals surface area contributed by atoms with Crippen LogP contribution in [0.5, 0.6) is 0 Å². The molecule has 0 aliphatic carbocycles. The minimum Gasteiger partial charge on any atom is -0.296 e. The van der Waals surface area contributed by atoms with Crippen molar-refractivity contribution in [3.8, 4) is 0 Å². The zero-order valence-corrected chi connectivity index (χ0v) is 9.04. The summed E-state index contributed by atoms with van der Waals surface area (Å²) in [7, 11) is 1.78. The standard InChI is InChI=1S/C12H16N2/c1-5-10(7-13-4)11-6-12(9(2)3)14-8-11/h5,7-8H,2,6H2,1,3-4H3/b10-5+,13-7?. The van der Waals surface area contributed by atoms with Crippen LogP contribution in [0.2, 0.25) is 0 Å². The third-order valence-electron chi connectivity index (χ3n) is 2.18. The molecule has 0 unspecified atom stereocenters. The van der Waals surface area contributed by atoms with Gasteiger partial charge in [0.1, 0.15) is 0 Å². The fourth-order valence-electron chi connectivity index (χ4n) is 1.35. The van der Waals surface area contributed by atoms with E-state index in [1.807, 2.05) is 26.3 Å². The summed E-state index contributed by atoms with van der Waals surface area (Å²) in [5.74, 6) is 0. The van der Waals surface area contributed by atoms with E-state index in [0.29, 0.717) is 0 Å². The summed E-state index contributed by atoms with van der Waals surface area (Å²) in [6.07, 6.45) is 6.69. The topological polar surface area (TPSA) is 24.7 Å². The van der Waals surface area contributed by atoms with Crippen LogP contribution in [-0.4, -0.2) is 19.0 Å². The highest BCUT2D eigenvalue weighted by Gasteiger charge is 2.12. The number of hydrogen-bond donors (Lipinski definition) is 0. The van der Waals surface area contributed by atoms with Gasteiger partial charge in [-0.2, -0.15) is 0 Å². The van der Waals surface area contributed by atoms with Gasteiger partial charge in [0.15, 0.2) is 0 Å². The Bertz CT molecular complexity index is 355. The second-order valence-electron chi connectivity index (χ2n) is 3.32. The van der Waals surface area contributed by atoms with Gasteiger partial charge in [0.2, 0.25) is 0 Å². The summed E-state index contributed by atoms with van der Waals surface area (Å²) in [5.41, 5.74) is 4.48. The van der Waals surface area contributed by atoms with Crippen LogP contribution in [0.25, 0.3) is 0 Å². The highest BCUT2D eigenvalue weighted by atomic mass is 14.7. The van der Waals surface area contributed by atoms with Gasteiger partial charge in [0.05, 0.1) is 0 Å². The molecule has 0 spiro atoms. The molecule has 1 rings (SSSR count). The molecular formula is C12H16N2. The summed E-state index contributed by atoms with van der Waals surface area (Å²) in [6.45, 7) is 7.88. The first-order valence-electron chi connectivity index (χ1n) is 4.69. The van der Waals surface area contributed by atoms with Crippen molar-refractivity contribution in [3.05, 3.63) is 35.6 Å². The Morgan fingerprint density at radius 3 is 2.79 bits per heavy atom. The van der Waals surface area contributed by atoms with Gasteiger partial charge in [-0.15, -0.1) is 0 Å². The molecule has 1 aliphatic rings. The summed E-state index contributed by atoms with van der Waals surface area (Å²) in [5, 5.41) is 0. The molecule has 0 saturated carbocycles. The Balaban J connectivity index is 2.74. The molecule has 74 valence electrons. The first-order valence-corrected chi connectivity index (χ1v) is 4.69. The van der Waals surface area contributed by atoms with Crippen LogP contribution in [0.3, 0.4) is 0 Å². The van der Waals surface area contributed by atoms with Crippen molar-refractivity contribution in [2.24, 2.45) is 9.98 Å². The molecule has 0 N–H and O–H groups in total. The van der Waals surface area contributed by atoms with Crippen LogP contribution in [0.1, 0.15) is 20.3 Å². The van der Waals surface area contributed by atoms with E-state index in [9.17, 15) is 0 Å². The lowest BCUT2D eigenvalue weighted by Crippen LogP contribution is -1.98. The molecule has 0 aromatic rings. The highest BCUT2D eigenvalue weighted by Crippen LogP contribution is 2.21. The van der Waals surface area contributed by atoms with Crippen molar-refractivity contribution in [1.82, 2.24) is 0 Å². The minimum absolute atomic E-state index is 0.876. The molecule has 2 nitrogen and oxygen atoms in total. The Labute approximate surface area is 85.5 Å². The van der Waals surface area contributed by atoms with Crippen LogP contribution in [0.15, 0.2) is 45.6 Å². The summed E-state index contributed by atoms with van der Waals surface area (Å²) in [6, 6.07) is 0. The lowest BCUT2D eigenvalue weighted by Gasteiger charge is -2.02. The van der Waals surface area contributed by atoms with Crippen LogP contribution in [0.4, 0.5) is 0 Å². The van der Waals surface area contributed by atoms with Gasteiger partial charge < -0.3 is 0 Å². The molecule has 0 atom stereocenters. The lowest BCUT2D eigenvalue weighted by molar-refractivity contribution is 1.33. The second kappa shape index (κ2) is 4.70. The van der Waals surface area contributed by atoms with E-state index >= 15 is 0 Å². The SMILES string of the molecule is C=C(C)C1=NC=C(/C(C=NC)=C/C)C1. The molecular weight excluding hydrogens is 172 g/mol. The number of hydrogen-bond acceptors (Lipinski definition) is 2. The minimum atomic E-state index is 0.876. The van der Waals surface area contributed by atoms with Crippen molar-refractivity contribution < 1.29 is 0 Å². The molecule has 0 saturated heterocycles. The number of rotatable bonds is 3. The van der Waals surface area contributed by atoms with E-state index in [1.54, 1.807) is 7.05 Å². The van der Waals surface area contributed by atoms with Gasteiger partial charge in [-0.05, 0) is 30.6 Å². The van der Waals surface area contributed by atoms with E-state index in [4.69, 9.17) is 0 Å². The molecule has 0 aromatic heterocycles. The predicted molar refractivity (Wildman–Crippen MR) is 63.1 cm³/mol. The largest absolute Gasteiger partial charge is 0.296 e. The molecule has 0 amide bonds. The first kappa shape index (κ1) is 10.6. The average Bonchev–Trinajstić information content (AvgIpc) is 2.63. The van der Waals surface area contributed by atoms with Gasteiger partial charge in [0.25, 0.3) is 0 Å². The highest BCUT2D eigenvalue weighted by molar-refractivity contribution is 6.04. The molecule has 0 fully saturated rings. The van der Waals surface area contributed by atoms with Crippen molar-refractivity contribution in [2.45, 2.75) is 20.3 Å². The predicted octanol–water partition coefficient (Wildman–Crippen LogP) is 2.94. The molecule has 2 heteroatoms. The Hall–Kier alpha value is -1.44. The molecule has 1 heterocycles. The zero-order chi connectivity index (χ0) is 10.6. The van der Waals surface area contributed by atoms with Gasteiger partial charge in [-0.3, -0.25) is 9.98 Å². The smallest absolute Gasteiger partial charge is 0.0471 e. The van der Waals surface area contributed by atoms with Gasteiger partial charge >= 0.3 is 0 Å². The number of nitrogens with zero attached hydrogens (tertiary/aromatic N) is 2. The Kier molecular flexibility index (Phi) is 3.57. The fourth-order valence-corrected chi connectivity index (χ4v) is 1.35. The number of aliphatic imine (C=N–C) groups is 2. The fraction of sp³-hybridized carbons (Fsp3) is 0.333. The van der Waals surface area contributed by atoms with E-state index in [0.717, 1.165) is 23.3 Å². The maximum Gasteiger partial charge on any atom is 0.0471 e. The first-order chi connectivity index (χ1) is 6.69. The zero-order valence-electron chi connectivity index (χ0n) is 9.04. The lowest BCUT2D eigenvalue weighted by atomic mass is 10.0. The third-order valence-corrected chi connectivity index (χ3v) is 2.18. The van der Waals surface area contributed by atoms with E-state index in [2.05, 4.69) is 22.6 Å². The van der Waals surface area contributed by atoms with Gasteiger partial charge in [0, 0.05) is 31.6 Å². The molecule has 0 radical (unpaired) electrons.